The van der Waals surface area contributed by atoms with Crippen LogP contribution >= 0.6 is 0 Å². The number of carbonyl (C=O) groups is 1. The monoisotopic (exact) mass is 320 g/mol. The highest BCUT2D eigenvalue weighted by molar-refractivity contribution is 5.76. The minimum atomic E-state index is -0.133. The topological polar surface area (TPSA) is 32.8 Å². The molecule has 2 heterocycles. The summed E-state index contributed by atoms with van der Waals surface area (Å²) in [6, 6.07) is 6.98. The molecular weight excluding hydrogens is 295 g/mol. The first-order valence-corrected chi connectivity index (χ1v) is 8.32. The first kappa shape index (κ1) is 16.4. The van der Waals surface area contributed by atoms with Crippen molar-refractivity contribution in [1.82, 2.24) is 9.80 Å². The number of piperidine rings is 1. The van der Waals surface area contributed by atoms with Crippen LogP contribution in [0.4, 0.5) is 4.39 Å². The number of halogens is 1. The minimum Gasteiger partial charge on any atom is -0.377 e. The van der Waals surface area contributed by atoms with Gasteiger partial charge in [-0.15, -0.1) is 0 Å². The van der Waals surface area contributed by atoms with Gasteiger partial charge in [-0.1, -0.05) is 18.2 Å². The molecule has 0 aromatic heterocycles. The van der Waals surface area contributed by atoms with Gasteiger partial charge in [-0.3, -0.25) is 9.69 Å². The summed E-state index contributed by atoms with van der Waals surface area (Å²) >= 11 is 0. The average molecular weight is 320 g/mol. The van der Waals surface area contributed by atoms with Crippen molar-refractivity contribution < 1.29 is 13.9 Å². The largest absolute Gasteiger partial charge is 0.377 e. The molecule has 2 aliphatic heterocycles. The number of hydrogen-bond acceptors (Lipinski definition) is 3. The lowest BCUT2D eigenvalue weighted by atomic mass is 9.83. The Balaban J connectivity index is 1.56. The molecule has 4 nitrogen and oxygen atoms in total. The van der Waals surface area contributed by atoms with E-state index in [1.165, 1.54) is 6.07 Å². The molecule has 0 unspecified atom stereocenters. The van der Waals surface area contributed by atoms with Gasteiger partial charge >= 0.3 is 0 Å². The molecule has 0 N–H and O–H groups in total. The molecular formula is C18H25FN2O2. The van der Waals surface area contributed by atoms with E-state index >= 15 is 0 Å². The second kappa shape index (κ2) is 6.97. The molecule has 2 aliphatic rings. The molecule has 23 heavy (non-hydrogen) atoms. The van der Waals surface area contributed by atoms with Gasteiger partial charge in [0.2, 0.25) is 5.91 Å². The van der Waals surface area contributed by atoms with Crippen molar-refractivity contribution in [2.45, 2.75) is 25.5 Å². The van der Waals surface area contributed by atoms with E-state index in [1.54, 1.807) is 25.1 Å². The fourth-order valence-corrected chi connectivity index (χ4v) is 3.74. The molecule has 3 atom stereocenters. The maximum Gasteiger partial charge on any atom is 0.224 e. The summed E-state index contributed by atoms with van der Waals surface area (Å²) in [5.74, 6) is 0.905. The third-order valence-electron chi connectivity index (χ3n) is 5.11. The van der Waals surface area contributed by atoms with Crippen molar-refractivity contribution in [2.24, 2.45) is 11.8 Å². The average Bonchev–Trinajstić information content (AvgIpc) is 2.92. The van der Waals surface area contributed by atoms with Gasteiger partial charge < -0.3 is 9.64 Å². The molecule has 0 bridgehead atoms. The van der Waals surface area contributed by atoms with Gasteiger partial charge in [-0.25, -0.2) is 4.39 Å². The van der Waals surface area contributed by atoms with Gasteiger partial charge in [0.15, 0.2) is 0 Å². The number of fused-ring (bicyclic) bond motifs is 1. The Labute approximate surface area is 137 Å². The van der Waals surface area contributed by atoms with E-state index in [1.807, 2.05) is 12.1 Å². The molecule has 0 spiro atoms. The van der Waals surface area contributed by atoms with Crippen LogP contribution in [-0.4, -0.2) is 55.6 Å². The fourth-order valence-electron chi connectivity index (χ4n) is 3.74. The Kier molecular flexibility index (Phi) is 4.97. The Bertz CT molecular complexity index is 564. The number of ether oxygens (including phenoxy) is 1. The number of likely N-dealkylation sites (tertiary alicyclic amines) is 1. The van der Waals surface area contributed by atoms with Crippen LogP contribution in [0.15, 0.2) is 24.3 Å². The van der Waals surface area contributed by atoms with Crippen molar-refractivity contribution >= 4 is 5.91 Å². The molecule has 0 aliphatic carbocycles. The lowest BCUT2D eigenvalue weighted by molar-refractivity contribution is -0.131. The summed E-state index contributed by atoms with van der Waals surface area (Å²) in [6.45, 7) is 3.22. The van der Waals surface area contributed by atoms with Crippen LogP contribution in [0, 0.1) is 17.7 Å². The third-order valence-corrected chi connectivity index (χ3v) is 5.11. The smallest absolute Gasteiger partial charge is 0.224 e. The van der Waals surface area contributed by atoms with Crippen LogP contribution in [0.1, 0.15) is 18.4 Å². The maximum atomic E-state index is 13.8. The standard InChI is InChI=1S/C18H25FN2O2/c1-20(2)18(22)9-17-15-7-8-21(11-14(15)12-23-17)10-13-5-3-4-6-16(13)19/h3-6,14-15,17H,7-12H2,1-2H3/t14-,15-,17+/m1/s1. The van der Waals surface area contributed by atoms with E-state index in [9.17, 15) is 9.18 Å². The highest BCUT2D eigenvalue weighted by atomic mass is 19.1. The molecule has 1 aromatic rings. The predicted octanol–water partition coefficient (Wildman–Crippen LogP) is 2.14. The molecule has 2 fully saturated rings. The Hall–Kier alpha value is -1.46. The molecule has 5 heteroatoms. The van der Waals surface area contributed by atoms with Crippen molar-refractivity contribution in [2.75, 3.05) is 33.8 Å². The van der Waals surface area contributed by atoms with Gasteiger partial charge in [-0.2, -0.15) is 0 Å². The van der Waals surface area contributed by atoms with Crippen LogP contribution < -0.4 is 0 Å². The van der Waals surface area contributed by atoms with Crippen LogP contribution in [0.25, 0.3) is 0 Å². The highest BCUT2D eigenvalue weighted by Gasteiger charge is 2.41. The first-order chi connectivity index (χ1) is 11.0. The summed E-state index contributed by atoms with van der Waals surface area (Å²) in [5.41, 5.74) is 0.754. The van der Waals surface area contributed by atoms with Crippen molar-refractivity contribution in [3.8, 4) is 0 Å². The van der Waals surface area contributed by atoms with Gasteiger partial charge in [0.1, 0.15) is 5.82 Å². The maximum absolute atomic E-state index is 13.8. The van der Waals surface area contributed by atoms with Crippen LogP contribution in [0.2, 0.25) is 0 Å². The Morgan fingerprint density at radius 2 is 2.17 bits per heavy atom. The number of nitrogens with zero attached hydrogens (tertiary/aromatic N) is 2. The Morgan fingerprint density at radius 3 is 2.91 bits per heavy atom. The zero-order chi connectivity index (χ0) is 16.4. The van der Waals surface area contributed by atoms with Gasteiger partial charge in [0, 0.05) is 38.7 Å². The van der Waals surface area contributed by atoms with Crippen molar-refractivity contribution in [3.05, 3.63) is 35.6 Å². The van der Waals surface area contributed by atoms with Gasteiger partial charge in [-0.05, 0) is 24.9 Å². The molecule has 0 saturated carbocycles. The lowest BCUT2D eigenvalue weighted by Crippen LogP contribution is -2.42. The molecule has 126 valence electrons. The quantitative estimate of drug-likeness (QED) is 0.852. The number of rotatable bonds is 4. The summed E-state index contributed by atoms with van der Waals surface area (Å²) in [7, 11) is 3.57. The number of hydrogen-bond donors (Lipinski definition) is 0. The van der Waals surface area contributed by atoms with Crippen molar-refractivity contribution in [1.29, 1.82) is 0 Å². The molecule has 0 radical (unpaired) electrons. The van der Waals surface area contributed by atoms with E-state index in [2.05, 4.69) is 4.90 Å². The number of amides is 1. The Morgan fingerprint density at radius 1 is 1.39 bits per heavy atom. The summed E-state index contributed by atoms with van der Waals surface area (Å²) < 4.78 is 19.7. The van der Waals surface area contributed by atoms with Crippen LogP contribution in [0.5, 0.6) is 0 Å². The summed E-state index contributed by atoms with van der Waals surface area (Å²) in [6.07, 6.45) is 1.54. The first-order valence-electron chi connectivity index (χ1n) is 8.32. The van der Waals surface area contributed by atoms with E-state index in [4.69, 9.17) is 4.74 Å². The number of benzene rings is 1. The minimum absolute atomic E-state index is 0.0468. The van der Waals surface area contributed by atoms with Crippen LogP contribution in [0.3, 0.4) is 0 Å². The van der Waals surface area contributed by atoms with E-state index in [-0.39, 0.29) is 17.8 Å². The lowest BCUT2D eigenvalue weighted by Gasteiger charge is -2.35. The molecule has 1 aromatic carbocycles. The van der Waals surface area contributed by atoms with Crippen LogP contribution in [-0.2, 0) is 16.1 Å². The fraction of sp³-hybridized carbons (Fsp3) is 0.611. The van der Waals surface area contributed by atoms with E-state index in [0.717, 1.165) is 25.1 Å². The SMILES string of the molecule is CN(C)C(=O)C[C@@H]1OC[C@H]2CN(Cc3ccccc3F)CC[C@H]21. The van der Waals surface area contributed by atoms with Crippen molar-refractivity contribution in [3.63, 3.8) is 0 Å². The normalized spacial score (nSPS) is 27.7. The second-order valence-electron chi connectivity index (χ2n) is 6.90. The zero-order valence-corrected chi connectivity index (χ0v) is 13.9. The summed E-state index contributed by atoms with van der Waals surface area (Å²) in [5, 5.41) is 0. The second-order valence-corrected chi connectivity index (χ2v) is 6.90. The molecule has 2 saturated heterocycles. The van der Waals surface area contributed by atoms with E-state index < -0.39 is 0 Å². The zero-order valence-electron chi connectivity index (χ0n) is 13.9. The highest BCUT2D eigenvalue weighted by Crippen LogP contribution is 2.36. The molecule has 1 amide bonds. The van der Waals surface area contributed by atoms with E-state index in [0.29, 0.717) is 31.4 Å². The van der Waals surface area contributed by atoms with Gasteiger partial charge in [0.25, 0.3) is 0 Å². The third kappa shape index (κ3) is 3.72. The van der Waals surface area contributed by atoms with Gasteiger partial charge in [0.05, 0.1) is 19.1 Å². The summed E-state index contributed by atoms with van der Waals surface area (Å²) in [4.78, 5) is 15.8. The number of carbonyl (C=O) groups excluding carboxylic acids is 1. The predicted molar refractivity (Wildman–Crippen MR) is 86.3 cm³/mol. The molecule has 3 rings (SSSR count).